The smallest absolute Gasteiger partial charge is 0.416 e. The normalized spacial score (nSPS) is 16.8. The number of pyridine rings is 1. The highest BCUT2D eigenvalue weighted by Crippen LogP contribution is 2.43. The Bertz CT molecular complexity index is 1410. The summed E-state index contributed by atoms with van der Waals surface area (Å²) in [5.41, 5.74) is -1.16. The summed E-state index contributed by atoms with van der Waals surface area (Å²) in [6.07, 6.45) is -6.09. The van der Waals surface area contributed by atoms with Crippen molar-refractivity contribution in [2.24, 2.45) is 0 Å². The van der Waals surface area contributed by atoms with E-state index in [1.54, 1.807) is 30.3 Å². The van der Waals surface area contributed by atoms with Crippen LogP contribution in [0.25, 0.3) is 22.5 Å². The van der Waals surface area contributed by atoms with Crippen LogP contribution in [-0.4, -0.2) is 41.0 Å². The number of hydrogen-bond acceptors (Lipinski definition) is 6. The molecule has 0 unspecified atom stereocenters. The number of halogens is 5. The van der Waals surface area contributed by atoms with Gasteiger partial charge in [-0.1, -0.05) is 30.3 Å². The van der Waals surface area contributed by atoms with Gasteiger partial charge in [-0.3, -0.25) is 0 Å². The lowest BCUT2D eigenvalue weighted by molar-refractivity contribution is -0.137. The number of rotatable bonds is 7. The summed E-state index contributed by atoms with van der Waals surface area (Å²) < 4.78 is 80.5. The number of piperidine rings is 1. The molecule has 2 aromatic carbocycles. The zero-order valence-electron chi connectivity index (χ0n) is 20.4. The number of anilines is 1. The monoisotopic (exact) mass is 532 g/mol. The van der Waals surface area contributed by atoms with Crippen molar-refractivity contribution in [1.82, 2.24) is 14.9 Å². The second kappa shape index (κ2) is 10.6. The molecule has 1 fully saturated rings. The molecule has 0 radical (unpaired) electrons. The van der Waals surface area contributed by atoms with E-state index < -0.39 is 23.7 Å². The number of ether oxygens (including phenoxy) is 1. The number of aromatic nitrogens is 2. The molecule has 1 N–H and O–H groups in total. The van der Waals surface area contributed by atoms with Crippen molar-refractivity contribution in [2.75, 3.05) is 25.5 Å². The zero-order chi connectivity index (χ0) is 26.9. The number of likely N-dealkylation sites (tertiary alicyclic amines) is 1. The molecule has 6 nitrogen and oxygen atoms in total. The first-order chi connectivity index (χ1) is 18.2. The van der Waals surface area contributed by atoms with Gasteiger partial charge in [-0.15, -0.1) is 0 Å². The molecule has 3 heterocycles. The van der Waals surface area contributed by atoms with Crippen molar-refractivity contribution < 1.29 is 31.1 Å². The Morgan fingerprint density at radius 1 is 1.11 bits per heavy atom. The highest BCUT2D eigenvalue weighted by molar-refractivity contribution is 5.79. The second-order valence-corrected chi connectivity index (χ2v) is 9.29. The van der Waals surface area contributed by atoms with Gasteiger partial charge >= 0.3 is 6.18 Å². The molecular weight excluding hydrogens is 507 g/mol. The van der Waals surface area contributed by atoms with Gasteiger partial charge in [-0.05, 0) is 56.3 Å². The van der Waals surface area contributed by atoms with Crippen LogP contribution in [0.5, 0.6) is 5.75 Å². The van der Waals surface area contributed by atoms with Gasteiger partial charge in [0.1, 0.15) is 12.4 Å². The summed E-state index contributed by atoms with van der Waals surface area (Å²) in [7, 11) is 2.02. The van der Waals surface area contributed by atoms with Crippen molar-refractivity contribution >= 4 is 17.2 Å². The van der Waals surface area contributed by atoms with Crippen molar-refractivity contribution in [3.63, 3.8) is 0 Å². The third-order valence-corrected chi connectivity index (χ3v) is 6.39. The third kappa shape index (κ3) is 5.72. The van der Waals surface area contributed by atoms with Crippen LogP contribution in [0, 0.1) is 0 Å². The van der Waals surface area contributed by atoms with Gasteiger partial charge < -0.3 is 19.4 Å². The minimum atomic E-state index is -4.84. The summed E-state index contributed by atoms with van der Waals surface area (Å²) >= 11 is 0. The van der Waals surface area contributed by atoms with Gasteiger partial charge in [-0.2, -0.15) is 18.2 Å². The van der Waals surface area contributed by atoms with Gasteiger partial charge in [0.05, 0.1) is 16.8 Å². The first-order valence-electron chi connectivity index (χ1n) is 12.1. The maximum absolute atomic E-state index is 14.1. The number of nitrogens with zero attached hydrogens (tertiary/aromatic N) is 3. The molecule has 0 amide bonds. The standard InChI is InChI=1S/C27H25F5N4O2/c1-36-11-5-8-18(14-36)33-26-35-25-21(38-26)10-9-20(34-25)23-19(24(28)29)12-17(27(30,31)32)13-22(23)37-15-16-6-3-2-4-7-16/h2-4,6-7,9-10,12-13,18,24H,5,8,11,14-15H2,1H3,(H,33,34,35)/t18-/m1/s1. The minimum absolute atomic E-state index is 0.00170. The van der Waals surface area contributed by atoms with Crippen molar-refractivity contribution in [3.05, 3.63) is 71.3 Å². The van der Waals surface area contributed by atoms with E-state index in [1.807, 2.05) is 7.05 Å². The quantitative estimate of drug-likeness (QED) is 0.261. The summed E-state index contributed by atoms with van der Waals surface area (Å²) in [5, 5.41) is 3.23. The Labute approximate surface area is 215 Å². The lowest BCUT2D eigenvalue weighted by Crippen LogP contribution is -2.39. The van der Waals surface area contributed by atoms with Gasteiger partial charge in [0.15, 0.2) is 5.58 Å². The van der Waals surface area contributed by atoms with Gasteiger partial charge in [-0.25, -0.2) is 13.8 Å². The summed E-state index contributed by atoms with van der Waals surface area (Å²) in [6.45, 7) is 1.70. The molecule has 0 saturated carbocycles. The molecule has 1 aliphatic heterocycles. The number of alkyl halides is 5. The first-order valence-corrected chi connectivity index (χ1v) is 12.1. The summed E-state index contributed by atoms with van der Waals surface area (Å²) in [6, 6.07) is 13.2. The van der Waals surface area contributed by atoms with E-state index >= 15 is 0 Å². The molecular formula is C27H25F5N4O2. The molecule has 1 aliphatic rings. The zero-order valence-corrected chi connectivity index (χ0v) is 20.4. The molecule has 5 rings (SSSR count). The Hall–Kier alpha value is -3.73. The number of nitrogens with one attached hydrogen (secondary N) is 1. The molecule has 0 aliphatic carbocycles. The van der Waals surface area contributed by atoms with Gasteiger partial charge in [0, 0.05) is 18.2 Å². The highest BCUT2D eigenvalue weighted by Gasteiger charge is 2.34. The minimum Gasteiger partial charge on any atom is -0.488 e. The molecule has 0 bridgehead atoms. The van der Waals surface area contributed by atoms with E-state index in [0.29, 0.717) is 17.2 Å². The molecule has 2 aromatic heterocycles. The Morgan fingerprint density at radius 3 is 2.61 bits per heavy atom. The largest absolute Gasteiger partial charge is 0.488 e. The van der Waals surface area contributed by atoms with Crippen LogP contribution < -0.4 is 10.1 Å². The fraction of sp³-hybridized carbons (Fsp3) is 0.333. The fourth-order valence-electron chi connectivity index (χ4n) is 4.57. The van der Waals surface area contributed by atoms with Gasteiger partial charge in [0.2, 0.25) is 5.65 Å². The van der Waals surface area contributed by atoms with Crippen LogP contribution in [0.2, 0.25) is 0 Å². The van der Waals surface area contributed by atoms with Crippen molar-refractivity contribution in [3.8, 4) is 17.0 Å². The average molecular weight is 533 g/mol. The SMILES string of the molecule is CN1CCC[C@@H](Nc2nc3nc(-c4c(OCc5ccccc5)cc(C(F)(F)F)cc4C(F)F)ccc3o2)C1. The Morgan fingerprint density at radius 2 is 1.89 bits per heavy atom. The molecule has 38 heavy (non-hydrogen) atoms. The molecule has 4 aromatic rings. The van der Waals surface area contributed by atoms with Crippen LogP contribution in [0.15, 0.2) is 59.0 Å². The predicted octanol–water partition coefficient (Wildman–Crippen LogP) is 6.93. The summed E-state index contributed by atoms with van der Waals surface area (Å²) in [5.74, 6) is -0.349. The number of fused-ring (bicyclic) bond motifs is 1. The first kappa shape index (κ1) is 25.9. The van der Waals surface area contributed by atoms with E-state index in [1.165, 1.54) is 12.1 Å². The van der Waals surface area contributed by atoms with Crippen LogP contribution in [0.1, 0.15) is 36.0 Å². The van der Waals surface area contributed by atoms with Crippen molar-refractivity contribution in [2.45, 2.75) is 38.1 Å². The fourth-order valence-corrected chi connectivity index (χ4v) is 4.57. The van der Waals surface area contributed by atoms with E-state index in [-0.39, 0.29) is 41.3 Å². The lowest BCUT2D eigenvalue weighted by atomic mass is 9.99. The number of oxazole rings is 1. The molecule has 200 valence electrons. The van der Waals surface area contributed by atoms with Crippen LogP contribution in [-0.2, 0) is 12.8 Å². The third-order valence-electron chi connectivity index (χ3n) is 6.39. The molecule has 0 spiro atoms. The molecule has 11 heteroatoms. The number of likely N-dealkylation sites (N-methyl/N-ethyl adjacent to an activating group) is 1. The number of benzene rings is 2. The van der Waals surface area contributed by atoms with Crippen LogP contribution in [0.4, 0.5) is 28.0 Å². The number of hydrogen-bond donors (Lipinski definition) is 1. The van der Waals surface area contributed by atoms with Crippen LogP contribution >= 0.6 is 0 Å². The van der Waals surface area contributed by atoms with Gasteiger partial charge in [0.25, 0.3) is 12.4 Å². The lowest BCUT2D eigenvalue weighted by Gasteiger charge is -2.29. The van der Waals surface area contributed by atoms with E-state index in [0.717, 1.165) is 32.0 Å². The Balaban J connectivity index is 1.54. The predicted molar refractivity (Wildman–Crippen MR) is 132 cm³/mol. The van der Waals surface area contributed by atoms with E-state index in [2.05, 4.69) is 20.2 Å². The topological polar surface area (TPSA) is 63.4 Å². The maximum atomic E-state index is 14.1. The highest BCUT2D eigenvalue weighted by atomic mass is 19.4. The van der Waals surface area contributed by atoms with Crippen LogP contribution in [0.3, 0.4) is 0 Å². The average Bonchev–Trinajstić information content (AvgIpc) is 3.28. The molecule has 1 atom stereocenters. The second-order valence-electron chi connectivity index (χ2n) is 9.29. The molecule has 1 saturated heterocycles. The van der Waals surface area contributed by atoms with Crippen molar-refractivity contribution in [1.29, 1.82) is 0 Å². The van der Waals surface area contributed by atoms with E-state index in [9.17, 15) is 22.0 Å². The summed E-state index contributed by atoms with van der Waals surface area (Å²) in [4.78, 5) is 10.9. The Kier molecular flexibility index (Phi) is 7.20. The van der Waals surface area contributed by atoms with E-state index in [4.69, 9.17) is 9.15 Å². The maximum Gasteiger partial charge on any atom is 0.416 e.